The molecule has 0 aliphatic heterocycles. The first kappa shape index (κ1) is 55.2. The molecule has 8 nitrogen and oxygen atoms in total. The maximum Gasteiger partial charge on any atom is 0.472 e. The van der Waals surface area contributed by atoms with Gasteiger partial charge in [0.15, 0.2) is 0 Å². The molecule has 3 atom stereocenters. The number of amides is 1. The molecule has 0 aliphatic rings. The summed E-state index contributed by atoms with van der Waals surface area (Å²) >= 11 is 0. The van der Waals surface area contributed by atoms with Gasteiger partial charge >= 0.3 is 7.82 Å². The van der Waals surface area contributed by atoms with Crippen molar-refractivity contribution in [3.05, 3.63) is 12.2 Å². The van der Waals surface area contributed by atoms with Gasteiger partial charge in [0.25, 0.3) is 0 Å². The summed E-state index contributed by atoms with van der Waals surface area (Å²) in [5.41, 5.74) is 0. The molecule has 3 unspecified atom stereocenters. The Kier molecular flexibility index (Phi) is 39.1. The van der Waals surface area contributed by atoms with Crippen molar-refractivity contribution in [3.63, 3.8) is 0 Å². The van der Waals surface area contributed by atoms with Gasteiger partial charge in [0.1, 0.15) is 13.2 Å². The first-order valence-corrected chi connectivity index (χ1v) is 25.5. The Balaban J connectivity index is 4.10. The lowest BCUT2D eigenvalue weighted by Crippen LogP contribution is -2.46. The zero-order valence-corrected chi connectivity index (χ0v) is 38.8. The molecule has 1 amide bonds. The van der Waals surface area contributed by atoms with Crippen LogP contribution in [0.5, 0.6) is 0 Å². The van der Waals surface area contributed by atoms with Gasteiger partial charge in [0.05, 0.1) is 39.9 Å². The minimum absolute atomic E-state index is 0.0720. The van der Waals surface area contributed by atoms with Crippen molar-refractivity contribution in [1.82, 2.24) is 5.32 Å². The second kappa shape index (κ2) is 39.7. The molecule has 0 radical (unpaired) electrons. The smallest absolute Gasteiger partial charge is 0.391 e. The first-order valence-electron chi connectivity index (χ1n) is 24.1. The molecule has 0 aromatic carbocycles. The topological polar surface area (TPSA) is 105 Å². The van der Waals surface area contributed by atoms with Gasteiger partial charge in [-0.15, -0.1) is 0 Å². The second-order valence-corrected chi connectivity index (χ2v) is 19.3. The Labute approximate surface area is 348 Å². The molecule has 9 heteroatoms. The van der Waals surface area contributed by atoms with E-state index in [0.717, 1.165) is 32.1 Å². The number of carbonyl (C=O) groups is 1. The highest BCUT2D eigenvalue weighted by Gasteiger charge is 2.28. The molecule has 0 spiro atoms. The molecule has 334 valence electrons. The van der Waals surface area contributed by atoms with Crippen molar-refractivity contribution >= 4 is 13.7 Å². The Bertz CT molecular complexity index is 927. The molecule has 0 rings (SSSR count). The average molecular weight is 816 g/mol. The zero-order chi connectivity index (χ0) is 41.4. The van der Waals surface area contributed by atoms with Gasteiger partial charge in [-0.1, -0.05) is 206 Å². The molecule has 0 saturated heterocycles. The van der Waals surface area contributed by atoms with Gasteiger partial charge in [0, 0.05) is 6.42 Å². The summed E-state index contributed by atoms with van der Waals surface area (Å²) in [6.07, 6.45) is 45.6. The van der Waals surface area contributed by atoms with Crippen molar-refractivity contribution < 1.29 is 32.9 Å². The van der Waals surface area contributed by atoms with Crippen LogP contribution in [-0.4, -0.2) is 73.4 Å². The summed E-state index contributed by atoms with van der Waals surface area (Å²) in [6, 6.07) is -0.770. The highest BCUT2D eigenvalue weighted by atomic mass is 31.2. The third-order valence-corrected chi connectivity index (χ3v) is 12.0. The van der Waals surface area contributed by atoms with E-state index in [0.29, 0.717) is 30.3 Å². The molecular formula is C47H96N2O6P+. The van der Waals surface area contributed by atoms with E-state index in [9.17, 15) is 19.4 Å². The lowest BCUT2D eigenvalue weighted by molar-refractivity contribution is -0.870. The maximum absolute atomic E-state index is 12.8. The van der Waals surface area contributed by atoms with Gasteiger partial charge in [-0.2, -0.15) is 0 Å². The van der Waals surface area contributed by atoms with E-state index in [1.807, 2.05) is 21.1 Å². The van der Waals surface area contributed by atoms with Crippen LogP contribution in [0, 0.1) is 0 Å². The first-order chi connectivity index (χ1) is 27.0. The summed E-state index contributed by atoms with van der Waals surface area (Å²) in [4.78, 5) is 23.0. The number of unbranched alkanes of at least 4 members (excludes halogenated alkanes) is 29. The molecule has 56 heavy (non-hydrogen) atoms. The third-order valence-electron chi connectivity index (χ3n) is 11.0. The molecule has 0 saturated carbocycles. The van der Waals surface area contributed by atoms with Gasteiger partial charge in [-0.05, 0) is 32.1 Å². The van der Waals surface area contributed by atoms with Gasteiger partial charge in [-0.3, -0.25) is 13.8 Å². The fourth-order valence-corrected chi connectivity index (χ4v) is 7.90. The zero-order valence-electron chi connectivity index (χ0n) is 37.9. The van der Waals surface area contributed by atoms with Crippen LogP contribution in [0.2, 0.25) is 0 Å². The highest BCUT2D eigenvalue weighted by Crippen LogP contribution is 2.43. The Morgan fingerprint density at radius 2 is 0.964 bits per heavy atom. The van der Waals surface area contributed by atoms with E-state index >= 15 is 0 Å². The number of phosphoric acid groups is 1. The van der Waals surface area contributed by atoms with E-state index < -0.39 is 20.0 Å². The van der Waals surface area contributed by atoms with Crippen LogP contribution in [0.1, 0.15) is 232 Å². The van der Waals surface area contributed by atoms with Crippen molar-refractivity contribution in [2.75, 3.05) is 40.9 Å². The minimum atomic E-state index is -4.31. The van der Waals surface area contributed by atoms with Crippen LogP contribution in [-0.2, 0) is 18.4 Å². The fraction of sp³-hybridized carbons (Fsp3) is 0.936. The lowest BCUT2D eigenvalue weighted by Gasteiger charge is -2.26. The Morgan fingerprint density at radius 1 is 0.589 bits per heavy atom. The number of nitrogens with zero attached hydrogens (tertiary/aromatic N) is 1. The average Bonchev–Trinajstić information content (AvgIpc) is 3.15. The number of quaternary nitrogens is 1. The molecule has 3 N–H and O–H groups in total. The number of allylic oxidation sites excluding steroid dienone is 2. The standard InChI is InChI=1S/C47H95N2O6P/c1-6-8-10-12-14-16-17-18-19-20-21-22-23-24-25-26-27-28-29-30-31-33-34-36-38-40-46(50)45(44-55-56(52,53)54-43-42-49(3,4)5)48-47(51)41-39-37-35-32-15-13-11-9-7-2/h32,35,45-46,50H,6-31,33-34,36-44H2,1-5H3,(H-,48,51,52,53)/p+1/b35-32-. The van der Waals surface area contributed by atoms with E-state index in [4.69, 9.17) is 9.05 Å². The van der Waals surface area contributed by atoms with Crippen molar-refractivity contribution in [3.8, 4) is 0 Å². The SMILES string of the molecule is CCCCCC/C=C\CCCC(=O)NC(COP(=O)(O)OCC[N+](C)(C)C)C(O)CCCCCCCCCCCCCCCCCCCCCCCCCCC. The van der Waals surface area contributed by atoms with Gasteiger partial charge in [0.2, 0.25) is 5.91 Å². The van der Waals surface area contributed by atoms with Crippen LogP contribution < -0.4 is 5.32 Å². The van der Waals surface area contributed by atoms with Crippen molar-refractivity contribution in [2.24, 2.45) is 0 Å². The number of phosphoric ester groups is 1. The second-order valence-electron chi connectivity index (χ2n) is 17.8. The lowest BCUT2D eigenvalue weighted by atomic mass is 10.0. The number of nitrogens with one attached hydrogen (secondary N) is 1. The van der Waals surface area contributed by atoms with E-state index in [1.54, 1.807) is 0 Å². The molecule has 0 fully saturated rings. The largest absolute Gasteiger partial charge is 0.472 e. The molecule has 0 bridgehead atoms. The van der Waals surface area contributed by atoms with E-state index in [1.165, 1.54) is 167 Å². The normalized spacial score (nSPS) is 14.3. The molecule has 0 aromatic rings. The van der Waals surface area contributed by atoms with E-state index in [2.05, 4.69) is 31.3 Å². The number of carbonyl (C=O) groups excluding carboxylic acids is 1. The number of likely N-dealkylation sites (N-methyl/N-ethyl adjacent to an activating group) is 1. The minimum Gasteiger partial charge on any atom is -0.391 e. The summed E-state index contributed by atoms with van der Waals surface area (Å²) in [7, 11) is 1.61. The van der Waals surface area contributed by atoms with Gasteiger partial charge < -0.3 is 19.8 Å². The number of aliphatic hydroxyl groups excluding tert-OH is 1. The number of hydrogen-bond acceptors (Lipinski definition) is 5. The summed E-state index contributed by atoms with van der Waals surface area (Å²) < 4.78 is 23.6. The maximum atomic E-state index is 12.8. The quantitative estimate of drug-likeness (QED) is 0.0245. The number of rotatable bonds is 44. The van der Waals surface area contributed by atoms with E-state index in [-0.39, 0.29) is 19.1 Å². The fourth-order valence-electron chi connectivity index (χ4n) is 7.17. The summed E-state index contributed by atoms with van der Waals surface area (Å²) in [6.45, 7) is 4.85. The predicted octanol–water partition coefficient (Wildman–Crippen LogP) is 13.5. The van der Waals surface area contributed by atoms with Crippen LogP contribution in [0.15, 0.2) is 12.2 Å². The summed E-state index contributed by atoms with van der Waals surface area (Å²) in [5.74, 6) is -0.178. The van der Waals surface area contributed by atoms with Crippen molar-refractivity contribution in [1.29, 1.82) is 0 Å². The molecule has 0 heterocycles. The van der Waals surface area contributed by atoms with Crippen molar-refractivity contribution in [2.45, 2.75) is 244 Å². The van der Waals surface area contributed by atoms with Crippen LogP contribution in [0.25, 0.3) is 0 Å². The Morgan fingerprint density at radius 3 is 1.38 bits per heavy atom. The summed E-state index contributed by atoms with van der Waals surface area (Å²) in [5, 5.41) is 13.9. The molecule has 0 aliphatic carbocycles. The van der Waals surface area contributed by atoms with Gasteiger partial charge in [-0.25, -0.2) is 4.57 Å². The number of aliphatic hydroxyl groups is 1. The predicted molar refractivity (Wildman–Crippen MR) is 240 cm³/mol. The number of hydrogen-bond donors (Lipinski definition) is 3. The van der Waals surface area contributed by atoms with Crippen LogP contribution in [0.3, 0.4) is 0 Å². The monoisotopic (exact) mass is 816 g/mol. The third kappa shape index (κ3) is 41.4. The molecular weight excluding hydrogens is 719 g/mol. The van der Waals surface area contributed by atoms with Crippen LogP contribution in [0.4, 0.5) is 0 Å². The van der Waals surface area contributed by atoms with Crippen LogP contribution >= 0.6 is 7.82 Å². The highest BCUT2D eigenvalue weighted by molar-refractivity contribution is 7.47. The Hall–Kier alpha value is -0.760. The molecule has 0 aromatic heterocycles.